The van der Waals surface area contributed by atoms with Crippen LogP contribution in [0, 0.1) is 12.7 Å². The van der Waals surface area contributed by atoms with E-state index in [1.54, 1.807) is 12.1 Å². The van der Waals surface area contributed by atoms with E-state index in [0.717, 1.165) is 28.0 Å². The molecule has 2 rings (SSSR count). The van der Waals surface area contributed by atoms with Crippen LogP contribution in [-0.2, 0) is 13.1 Å². The predicted molar refractivity (Wildman–Crippen MR) is 82.0 cm³/mol. The number of halogens is 2. The molecule has 1 heterocycles. The zero-order valence-electron chi connectivity index (χ0n) is 12.0. The number of aromatic nitrogens is 2. The van der Waals surface area contributed by atoms with Crippen molar-refractivity contribution in [2.24, 2.45) is 0 Å². The molecule has 0 amide bonds. The quantitative estimate of drug-likeness (QED) is 0.893. The molecule has 1 aromatic carbocycles. The molecule has 0 aliphatic rings. The molecule has 0 aliphatic heterocycles. The van der Waals surface area contributed by atoms with Crippen LogP contribution in [0.25, 0.3) is 0 Å². The topological polar surface area (TPSA) is 29.9 Å². The summed E-state index contributed by atoms with van der Waals surface area (Å²) >= 11 is 3.58. The van der Waals surface area contributed by atoms with E-state index in [1.165, 1.54) is 6.07 Å². The lowest BCUT2D eigenvalue weighted by atomic mass is 10.1. The minimum atomic E-state index is -0.202. The van der Waals surface area contributed by atoms with Crippen molar-refractivity contribution < 1.29 is 4.39 Å². The molecule has 20 heavy (non-hydrogen) atoms. The molecule has 0 bridgehead atoms. The van der Waals surface area contributed by atoms with Crippen molar-refractivity contribution in [3.63, 3.8) is 0 Å². The Morgan fingerprint density at radius 1 is 1.45 bits per heavy atom. The molecule has 1 N–H and O–H groups in total. The van der Waals surface area contributed by atoms with Gasteiger partial charge in [0.05, 0.1) is 15.9 Å². The highest BCUT2D eigenvalue weighted by Crippen LogP contribution is 2.22. The van der Waals surface area contributed by atoms with Gasteiger partial charge in [0, 0.05) is 19.1 Å². The highest BCUT2D eigenvalue weighted by Gasteiger charge is 2.13. The summed E-state index contributed by atoms with van der Waals surface area (Å²) in [4.78, 5) is 0. The summed E-state index contributed by atoms with van der Waals surface area (Å²) in [5.74, 6) is -0.202. The molecular formula is C15H19BrFN3. The molecule has 5 heteroatoms. The number of benzene rings is 1. The molecule has 108 valence electrons. The van der Waals surface area contributed by atoms with Gasteiger partial charge in [-0.3, -0.25) is 4.68 Å². The third-order valence-electron chi connectivity index (χ3n) is 3.38. The van der Waals surface area contributed by atoms with Crippen molar-refractivity contribution >= 4 is 15.9 Å². The standard InChI is InChI=1S/C15H19BrFN3/c1-4-20-14(15(16)11(3)19-20)9-18-10(2)12-6-5-7-13(17)8-12/h5-8,10,18H,4,9H2,1-3H3/t10-/m0/s1. The molecule has 2 aromatic rings. The minimum absolute atomic E-state index is 0.0816. The summed E-state index contributed by atoms with van der Waals surface area (Å²) in [7, 11) is 0. The Morgan fingerprint density at radius 3 is 2.85 bits per heavy atom. The summed E-state index contributed by atoms with van der Waals surface area (Å²) in [6.07, 6.45) is 0. The van der Waals surface area contributed by atoms with E-state index in [9.17, 15) is 4.39 Å². The van der Waals surface area contributed by atoms with E-state index >= 15 is 0 Å². The first-order valence-corrected chi connectivity index (χ1v) is 7.52. The summed E-state index contributed by atoms with van der Waals surface area (Å²) in [6, 6.07) is 6.77. The van der Waals surface area contributed by atoms with E-state index in [0.29, 0.717) is 6.54 Å². The van der Waals surface area contributed by atoms with Gasteiger partial charge in [-0.2, -0.15) is 5.10 Å². The molecule has 0 radical (unpaired) electrons. The van der Waals surface area contributed by atoms with Crippen LogP contribution < -0.4 is 5.32 Å². The fourth-order valence-corrected chi connectivity index (χ4v) is 2.61. The van der Waals surface area contributed by atoms with Crippen LogP contribution in [0.4, 0.5) is 4.39 Å². The first-order chi connectivity index (χ1) is 9.52. The Morgan fingerprint density at radius 2 is 2.20 bits per heavy atom. The number of aryl methyl sites for hydroxylation is 2. The van der Waals surface area contributed by atoms with Crippen LogP contribution in [0.2, 0.25) is 0 Å². The van der Waals surface area contributed by atoms with Gasteiger partial charge in [-0.25, -0.2) is 4.39 Å². The normalized spacial score (nSPS) is 12.7. The molecule has 0 unspecified atom stereocenters. The first-order valence-electron chi connectivity index (χ1n) is 6.73. The molecule has 3 nitrogen and oxygen atoms in total. The molecular weight excluding hydrogens is 321 g/mol. The molecule has 0 fully saturated rings. The third kappa shape index (κ3) is 3.27. The van der Waals surface area contributed by atoms with Crippen LogP contribution in [0.15, 0.2) is 28.7 Å². The van der Waals surface area contributed by atoms with Crippen molar-refractivity contribution in [3.05, 3.63) is 51.5 Å². The Hall–Kier alpha value is -1.20. The zero-order chi connectivity index (χ0) is 14.7. The van der Waals surface area contributed by atoms with Gasteiger partial charge in [0.1, 0.15) is 5.82 Å². The average Bonchev–Trinajstić information content (AvgIpc) is 2.71. The van der Waals surface area contributed by atoms with Crippen molar-refractivity contribution in [3.8, 4) is 0 Å². The summed E-state index contributed by atoms with van der Waals surface area (Å²) in [5.41, 5.74) is 3.05. The van der Waals surface area contributed by atoms with Gasteiger partial charge in [0.15, 0.2) is 0 Å². The molecule has 1 aromatic heterocycles. The fraction of sp³-hybridized carbons (Fsp3) is 0.400. The number of hydrogen-bond acceptors (Lipinski definition) is 2. The predicted octanol–water partition coefficient (Wildman–Crippen LogP) is 3.96. The molecule has 1 atom stereocenters. The minimum Gasteiger partial charge on any atom is -0.305 e. The van der Waals surface area contributed by atoms with Gasteiger partial charge >= 0.3 is 0 Å². The Bertz CT molecular complexity index is 595. The number of rotatable bonds is 5. The van der Waals surface area contributed by atoms with Crippen molar-refractivity contribution in [2.45, 2.75) is 39.9 Å². The van der Waals surface area contributed by atoms with E-state index in [4.69, 9.17) is 0 Å². The fourth-order valence-electron chi connectivity index (χ4n) is 2.18. The van der Waals surface area contributed by atoms with Crippen LogP contribution in [0.3, 0.4) is 0 Å². The van der Waals surface area contributed by atoms with Gasteiger partial charge < -0.3 is 5.32 Å². The second-order valence-electron chi connectivity index (χ2n) is 4.82. The van der Waals surface area contributed by atoms with Gasteiger partial charge in [0.25, 0.3) is 0 Å². The highest BCUT2D eigenvalue weighted by atomic mass is 79.9. The number of nitrogens with one attached hydrogen (secondary N) is 1. The van der Waals surface area contributed by atoms with Crippen molar-refractivity contribution in [1.29, 1.82) is 0 Å². The van der Waals surface area contributed by atoms with Crippen LogP contribution in [-0.4, -0.2) is 9.78 Å². The van der Waals surface area contributed by atoms with Crippen LogP contribution in [0.5, 0.6) is 0 Å². The Kier molecular flexibility index (Phi) is 4.94. The number of nitrogens with zero attached hydrogens (tertiary/aromatic N) is 2. The van der Waals surface area contributed by atoms with Crippen molar-refractivity contribution in [1.82, 2.24) is 15.1 Å². The van der Waals surface area contributed by atoms with E-state index in [-0.39, 0.29) is 11.9 Å². The zero-order valence-corrected chi connectivity index (χ0v) is 13.5. The lowest BCUT2D eigenvalue weighted by Crippen LogP contribution is -2.20. The number of hydrogen-bond donors (Lipinski definition) is 1. The lowest BCUT2D eigenvalue weighted by Gasteiger charge is -2.15. The Labute approximate surface area is 127 Å². The maximum Gasteiger partial charge on any atom is 0.123 e. The maximum atomic E-state index is 13.2. The molecule has 0 aliphatic carbocycles. The SMILES string of the molecule is CCn1nc(C)c(Br)c1CN[C@@H](C)c1cccc(F)c1. The van der Waals surface area contributed by atoms with Gasteiger partial charge in [-0.05, 0) is 54.4 Å². The molecule has 0 saturated heterocycles. The second kappa shape index (κ2) is 6.50. The van der Waals surface area contributed by atoms with E-state index in [2.05, 4.69) is 33.3 Å². The highest BCUT2D eigenvalue weighted by molar-refractivity contribution is 9.10. The smallest absolute Gasteiger partial charge is 0.123 e. The molecule has 0 spiro atoms. The Balaban J connectivity index is 2.09. The van der Waals surface area contributed by atoms with Crippen LogP contribution in [0.1, 0.15) is 36.8 Å². The van der Waals surface area contributed by atoms with E-state index in [1.807, 2.05) is 24.6 Å². The monoisotopic (exact) mass is 339 g/mol. The van der Waals surface area contributed by atoms with Gasteiger partial charge in [-0.15, -0.1) is 0 Å². The maximum absolute atomic E-state index is 13.2. The molecule has 0 saturated carbocycles. The van der Waals surface area contributed by atoms with Crippen LogP contribution >= 0.6 is 15.9 Å². The summed E-state index contributed by atoms with van der Waals surface area (Å²) in [5, 5.41) is 7.88. The van der Waals surface area contributed by atoms with Crippen molar-refractivity contribution in [2.75, 3.05) is 0 Å². The lowest BCUT2D eigenvalue weighted by molar-refractivity contribution is 0.526. The first kappa shape index (κ1) is 15.2. The van der Waals surface area contributed by atoms with Gasteiger partial charge in [-0.1, -0.05) is 12.1 Å². The largest absolute Gasteiger partial charge is 0.305 e. The second-order valence-corrected chi connectivity index (χ2v) is 5.61. The third-order valence-corrected chi connectivity index (χ3v) is 4.41. The van der Waals surface area contributed by atoms with Gasteiger partial charge in [0.2, 0.25) is 0 Å². The summed E-state index contributed by atoms with van der Waals surface area (Å²) in [6.45, 7) is 7.60. The van der Waals surface area contributed by atoms with E-state index < -0.39 is 0 Å². The average molecular weight is 340 g/mol. The summed E-state index contributed by atoms with van der Waals surface area (Å²) < 4.78 is 16.2.